The van der Waals surface area contributed by atoms with Crippen LogP contribution in [0.3, 0.4) is 0 Å². The third kappa shape index (κ3) is 8.85. The Morgan fingerprint density at radius 2 is 1.80 bits per heavy atom. The van der Waals surface area contributed by atoms with E-state index in [1.165, 1.54) is 0 Å². The topological polar surface area (TPSA) is 75.3 Å². The molecule has 0 heterocycles. The standard InChI is InChI=1S/C10H11ClN2O3S3.K/c11-8-3-1-7(2-4-8)5-19(15,16)6-9(14)12-13-10(17)18;/h1-4H,5-6H2,(H,12,14)(H2,13,17,18);/q;+1/p-1. The molecule has 0 aromatic heterocycles. The van der Waals surface area contributed by atoms with E-state index >= 15 is 0 Å². The summed E-state index contributed by atoms with van der Waals surface area (Å²) in [5, 5.41) is 0.516. The minimum atomic E-state index is -3.57. The van der Waals surface area contributed by atoms with E-state index in [9.17, 15) is 13.2 Å². The second-order valence-electron chi connectivity index (χ2n) is 3.62. The Bertz CT molecular complexity index is 578. The van der Waals surface area contributed by atoms with Crippen LogP contribution in [0.4, 0.5) is 0 Å². The second-order valence-corrected chi connectivity index (χ2v) is 7.20. The van der Waals surface area contributed by atoms with Gasteiger partial charge in [0.25, 0.3) is 5.91 Å². The fourth-order valence-corrected chi connectivity index (χ4v) is 2.74. The Labute approximate surface area is 175 Å². The molecule has 10 heteroatoms. The number of hydrogen-bond acceptors (Lipinski definition) is 5. The van der Waals surface area contributed by atoms with Crippen LogP contribution in [-0.4, -0.2) is 24.4 Å². The van der Waals surface area contributed by atoms with Crippen molar-refractivity contribution in [2.45, 2.75) is 5.75 Å². The number of nitrogens with one attached hydrogen (secondary N) is 2. The first-order valence-corrected chi connectivity index (χ1v) is 8.01. The first-order chi connectivity index (χ1) is 8.78. The molecule has 0 bridgehead atoms. The van der Waals surface area contributed by atoms with Crippen molar-refractivity contribution in [1.29, 1.82) is 0 Å². The van der Waals surface area contributed by atoms with E-state index in [0.717, 1.165) is 0 Å². The zero-order valence-electron chi connectivity index (χ0n) is 10.6. The fraction of sp³-hybridized carbons (Fsp3) is 0.200. The van der Waals surface area contributed by atoms with Crippen molar-refractivity contribution in [2.24, 2.45) is 0 Å². The maximum absolute atomic E-state index is 11.8. The van der Waals surface area contributed by atoms with Crippen LogP contribution in [0.1, 0.15) is 5.56 Å². The Balaban J connectivity index is 0.00000361. The van der Waals surface area contributed by atoms with Gasteiger partial charge in [-0.25, -0.2) is 8.42 Å². The zero-order chi connectivity index (χ0) is 14.5. The first-order valence-electron chi connectivity index (χ1n) is 4.99. The number of halogens is 1. The number of rotatable bonds is 4. The van der Waals surface area contributed by atoms with Gasteiger partial charge in [-0.05, 0) is 22.0 Å². The van der Waals surface area contributed by atoms with Crippen molar-refractivity contribution < 1.29 is 64.6 Å². The largest absolute Gasteiger partial charge is 1.00 e. The van der Waals surface area contributed by atoms with E-state index in [0.29, 0.717) is 10.6 Å². The molecule has 0 spiro atoms. The summed E-state index contributed by atoms with van der Waals surface area (Å²) in [6.07, 6.45) is 0. The van der Waals surface area contributed by atoms with Crippen LogP contribution >= 0.6 is 23.8 Å². The van der Waals surface area contributed by atoms with E-state index in [1.807, 2.05) is 0 Å². The van der Waals surface area contributed by atoms with Crippen LogP contribution in [0, 0.1) is 0 Å². The molecular weight excluding hydrogens is 367 g/mol. The molecule has 0 aliphatic carbocycles. The SMILES string of the molecule is O=C(CS(=O)(=O)Cc1ccc(Cl)cc1)NNC(=S)[S-].[K+]. The monoisotopic (exact) mass is 376 g/mol. The Hall–Kier alpha value is 0.676. The van der Waals surface area contributed by atoms with Gasteiger partial charge in [0.05, 0.1) is 5.75 Å². The van der Waals surface area contributed by atoms with Crippen LogP contribution in [0.5, 0.6) is 0 Å². The van der Waals surface area contributed by atoms with Crippen LogP contribution in [-0.2, 0) is 33.0 Å². The Morgan fingerprint density at radius 3 is 2.30 bits per heavy atom. The first kappa shape index (κ1) is 20.7. The minimum Gasteiger partial charge on any atom is -0.410 e. The average molecular weight is 377 g/mol. The molecule has 1 aromatic carbocycles. The molecule has 104 valence electrons. The molecule has 0 saturated carbocycles. The number of carbonyl (C=O) groups excluding carboxylic acids is 1. The van der Waals surface area contributed by atoms with Crippen LogP contribution in [0.15, 0.2) is 24.3 Å². The second kappa shape index (κ2) is 9.64. The molecule has 0 aliphatic heterocycles. The number of amides is 1. The Kier molecular flexibility index (Phi) is 9.97. The van der Waals surface area contributed by atoms with Crippen molar-refractivity contribution in [3.05, 3.63) is 34.9 Å². The molecule has 1 aromatic rings. The van der Waals surface area contributed by atoms with Gasteiger partial charge in [-0.15, -0.1) is 0 Å². The number of hydrazine groups is 1. The molecule has 1 amide bonds. The minimum absolute atomic E-state index is 0. The summed E-state index contributed by atoms with van der Waals surface area (Å²) in [5.74, 6) is -1.61. The van der Waals surface area contributed by atoms with E-state index in [4.69, 9.17) is 11.6 Å². The third-order valence-electron chi connectivity index (χ3n) is 1.95. The van der Waals surface area contributed by atoms with Gasteiger partial charge in [-0.2, -0.15) is 0 Å². The predicted octanol–water partition coefficient (Wildman–Crippen LogP) is -2.29. The molecule has 1 rings (SSSR count). The molecule has 5 nitrogen and oxygen atoms in total. The van der Waals surface area contributed by atoms with Crippen LogP contribution in [0.2, 0.25) is 5.02 Å². The summed E-state index contributed by atoms with van der Waals surface area (Å²) in [6.45, 7) is 0. The smallest absolute Gasteiger partial charge is 0.410 e. The van der Waals surface area contributed by atoms with Crippen LogP contribution in [0.25, 0.3) is 0 Å². The van der Waals surface area contributed by atoms with Gasteiger partial charge < -0.3 is 30.3 Å². The van der Waals surface area contributed by atoms with E-state index in [-0.39, 0.29) is 61.5 Å². The summed E-state index contributed by atoms with van der Waals surface area (Å²) in [4.78, 5) is 11.3. The molecule has 0 atom stereocenters. The predicted molar refractivity (Wildman–Crippen MR) is 80.2 cm³/mol. The average Bonchev–Trinajstić information content (AvgIpc) is 2.28. The maximum atomic E-state index is 11.8. The molecule has 20 heavy (non-hydrogen) atoms. The van der Waals surface area contributed by atoms with Gasteiger partial charge in [0.15, 0.2) is 9.84 Å². The summed E-state index contributed by atoms with van der Waals surface area (Å²) in [5.41, 5.74) is 4.86. The van der Waals surface area contributed by atoms with E-state index in [1.54, 1.807) is 24.3 Å². The van der Waals surface area contributed by atoms with Gasteiger partial charge in [-0.3, -0.25) is 10.2 Å². The quantitative estimate of drug-likeness (QED) is 0.267. The van der Waals surface area contributed by atoms with Crippen molar-refractivity contribution in [3.8, 4) is 0 Å². The molecule has 0 radical (unpaired) electrons. The van der Waals surface area contributed by atoms with Crippen LogP contribution < -0.4 is 62.2 Å². The third-order valence-corrected chi connectivity index (χ3v) is 3.89. The maximum Gasteiger partial charge on any atom is 1.00 e. The van der Waals surface area contributed by atoms with E-state index < -0.39 is 21.5 Å². The van der Waals surface area contributed by atoms with Gasteiger partial charge in [0, 0.05) is 5.02 Å². The van der Waals surface area contributed by atoms with Gasteiger partial charge in [0.2, 0.25) is 0 Å². The molecule has 0 unspecified atom stereocenters. The summed E-state index contributed by atoms with van der Waals surface area (Å²) in [7, 11) is -3.57. The summed E-state index contributed by atoms with van der Waals surface area (Å²) < 4.78 is 23.5. The van der Waals surface area contributed by atoms with Crippen molar-refractivity contribution in [1.82, 2.24) is 10.9 Å². The van der Waals surface area contributed by atoms with Crippen molar-refractivity contribution in [3.63, 3.8) is 0 Å². The molecule has 2 N–H and O–H groups in total. The fourth-order valence-electron chi connectivity index (χ4n) is 1.24. The van der Waals surface area contributed by atoms with Gasteiger partial charge in [0.1, 0.15) is 5.75 Å². The number of benzene rings is 1. The van der Waals surface area contributed by atoms with Crippen molar-refractivity contribution >= 4 is 56.5 Å². The summed E-state index contributed by atoms with van der Waals surface area (Å²) >= 11 is 14.7. The molecule has 0 aliphatic rings. The number of carbonyl (C=O) groups is 1. The normalized spacial score (nSPS) is 10.2. The molecular formula is C10H10ClKN2O3S3. The van der Waals surface area contributed by atoms with Crippen molar-refractivity contribution in [2.75, 3.05) is 5.75 Å². The Morgan fingerprint density at radius 1 is 1.25 bits per heavy atom. The molecule has 0 fully saturated rings. The zero-order valence-corrected chi connectivity index (χ0v) is 16.9. The van der Waals surface area contributed by atoms with E-state index in [2.05, 4.69) is 35.7 Å². The molecule has 0 saturated heterocycles. The number of thiocarbonyl (C=S) groups is 1. The number of sulfone groups is 1. The number of hydrogen-bond donors (Lipinski definition) is 2. The summed E-state index contributed by atoms with van der Waals surface area (Å²) in [6, 6.07) is 6.36. The van der Waals surface area contributed by atoms with Gasteiger partial charge in [-0.1, -0.05) is 23.7 Å². The van der Waals surface area contributed by atoms with Gasteiger partial charge >= 0.3 is 51.4 Å².